The molecule has 0 fully saturated rings. The zero-order valence-corrected chi connectivity index (χ0v) is 15.5. The third kappa shape index (κ3) is 2.90. The van der Waals surface area contributed by atoms with E-state index in [0.717, 1.165) is 11.3 Å². The highest BCUT2D eigenvalue weighted by atomic mass is 32.1. The van der Waals surface area contributed by atoms with Crippen molar-refractivity contribution in [2.45, 2.75) is 0 Å². The van der Waals surface area contributed by atoms with Crippen LogP contribution in [0.15, 0.2) is 60.0 Å². The van der Waals surface area contributed by atoms with Crippen molar-refractivity contribution in [1.29, 1.82) is 0 Å². The molecular weight excluding hydrogens is 393 g/mol. The molecule has 5 rings (SSSR count). The van der Waals surface area contributed by atoms with E-state index >= 15 is 0 Å². The van der Waals surface area contributed by atoms with Crippen LogP contribution < -0.4 is 10.1 Å². The molecule has 4 aromatic rings. The highest BCUT2D eigenvalue weighted by Crippen LogP contribution is 2.43. The van der Waals surface area contributed by atoms with Crippen LogP contribution in [-0.4, -0.2) is 22.1 Å². The molecule has 2 aromatic carbocycles. The fourth-order valence-electron chi connectivity index (χ4n) is 3.37. The summed E-state index contributed by atoms with van der Waals surface area (Å²) < 4.78 is 18.7. The van der Waals surface area contributed by atoms with E-state index in [-0.39, 0.29) is 10.9 Å². The van der Waals surface area contributed by atoms with E-state index in [0.29, 0.717) is 45.1 Å². The summed E-state index contributed by atoms with van der Waals surface area (Å²) in [7, 11) is 0. The van der Waals surface area contributed by atoms with Gasteiger partial charge in [-0.3, -0.25) is 15.2 Å². The summed E-state index contributed by atoms with van der Waals surface area (Å²) in [5.74, 6) is 0.0982. The van der Waals surface area contributed by atoms with Crippen LogP contribution >= 0.6 is 11.3 Å². The maximum atomic E-state index is 13.5. The van der Waals surface area contributed by atoms with Crippen molar-refractivity contribution >= 4 is 28.9 Å². The monoisotopic (exact) mass is 405 g/mol. The minimum Gasteiger partial charge on any atom is -0.410 e. The number of anilines is 1. The Hall–Kier alpha value is -3.78. The smallest absolute Gasteiger partial charge is 0.410 e. The van der Waals surface area contributed by atoms with Gasteiger partial charge in [0.05, 0.1) is 22.5 Å². The average molecular weight is 405 g/mol. The number of hydrogen-bond donors (Lipinski definition) is 2. The van der Waals surface area contributed by atoms with Crippen LogP contribution in [0.4, 0.5) is 14.9 Å². The molecule has 0 saturated carbocycles. The summed E-state index contributed by atoms with van der Waals surface area (Å²) in [6.45, 7) is 0. The Balaban J connectivity index is 1.49. The quantitative estimate of drug-likeness (QED) is 0.437. The van der Waals surface area contributed by atoms with Crippen LogP contribution in [0.1, 0.15) is 15.9 Å². The number of rotatable bonds is 3. The van der Waals surface area contributed by atoms with Crippen molar-refractivity contribution in [2.75, 3.05) is 5.32 Å². The number of thiophene rings is 1. The third-order valence-corrected chi connectivity index (χ3v) is 5.30. The molecule has 1 aliphatic carbocycles. The van der Waals surface area contributed by atoms with Gasteiger partial charge in [-0.2, -0.15) is 9.49 Å². The fraction of sp³-hybridized carbons (Fsp3) is 0. The Bertz CT molecular complexity index is 1260. The molecule has 142 valence electrons. The first-order chi connectivity index (χ1) is 14.1. The van der Waals surface area contributed by atoms with E-state index in [4.69, 9.17) is 4.74 Å². The number of carbonyl (C=O) groups excluding carboxylic acids is 2. The van der Waals surface area contributed by atoms with Gasteiger partial charge in [0.1, 0.15) is 11.4 Å². The SMILES string of the molecule is O=C(Nc1cccc2c1C(=O)c1c(-c3csc(F)c3)n[nH]c1-2)Oc1ccccc1. The van der Waals surface area contributed by atoms with E-state index in [1.165, 1.54) is 6.07 Å². The van der Waals surface area contributed by atoms with Gasteiger partial charge >= 0.3 is 6.09 Å². The molecule has 0 atom stereocenters. The largest absolute Gasteiger partial charge is 0.417 e. The van der Waals surface area contributed by atoms with Crippen LogP contribution in [-0.2, 0) is 0 Å². The molecule has 0 radical (unpaired) electrons. The number of H-pyrrole nitrogens is 1. The number of amides is 1. The summed E-state index contributed by atoms with van der Waals surface area (Å²) in [6.07, 6.45) is -0.703. The first-order valence-corrected chi connectivity index (χ1v) is 9.54. The zero-order chi connectivity index (χ0) is 20.0. The van der Waals surface area contributed by atoms with Gasteiger partial charge < -0.3 is 4.74 Å². The summed E-state index contributed by atoms with van der Waals surface area (Å²) in [6, 6.07) is 15.1. The molecule has 2 heterocycles. The summed E-state index contributed by atoms with van der Waals surface area (Å²) in [4.78, 5) is 25.5. The average Bonchev–Trinajstić information content (AvgIpc) is 3.40. The molecule has 0 bridgehead atoms. The van der Waals surface area contributed by atoms with Crippen molar-refractivity contribution in [1.82, 2.24) is 10.2 Å². The topological polar surface area (TPSA) is 84.1 Å². The van der Waals surface area contributed by atoms with Gasteiger partial charge in [0.2, 0.25) is 0 Å². The molecule has 0 spiro atoms. The number of nitrogens with zero attached hydrogens (tertiary/aromatic N) is 1. The Labute approximate surface area is 168 Å². The minimum absolute atomic E-state index is 0.291. The number of nitrogens with one attached hydrogen (secondary N) is 2. The number of fused-ring (bicyclic) bond motifs is 3. The van der Waals surface area contributed by atoms with E-state index < -0.39 is 6.09 Å². The molecule has 8 heteroatoms. The second kappa shape index (κ2) is 6.68. The van der Waals surface area contributed by atoms with E-state index in [9.17, 15) is 14.0 Å². The predicted molar refractivity (Wildman–Crippen MR) is 107 cm³/mol. The summed E-state index contributed by atoms with van der Waals surface area (Å²) in [5.41, 5.74) is 3.13. The van der Waals surface area contributed by atoms with Gasteiger partial charge in [-0.1, -0.05) is 30.3 Å². The molecule has 2 N–H and O–H groups in total. The lowest BCUT2D eigenvalue weighted by atomic mass is 10.1. The van der Waals surface area contributed by atoms with Crippen LogP contribution in [0.5, 0.6) is 5.75 Å². The fourth-order valence-corrected chi connectivity index (χ4v) is 3.98. The molecule has 1 aliphatic rings. The first-order valence-electron chi connectivity index (χ1n) is 8.66. The van der Waals surface area contributed by atoms with Gasteiger partial charge in [0, 0.05) is 16.5 Å². The van der Waals surface area contributed by atoms with Gasteiger partial charge in [-0.05, 0) is 24.3 Å². The van der Waals surface area contributed by atoms with Crippen molar-refractivity contribution in [3.8, 4) is 28.3 Å². The summed E-state index contributed by atoms with van der Waals surface area (Å²) >= 11 is 0.940. The lowest BCUT2D eigenvalue weighted by Crippen LogP contribution is -2.18. The normalized spacial score (nSPS) is 11.8. The van der Waals surface area contributed by atoms with Crippen molar-refractivity contribution in [3.63, 3.8) is 0 Å². The molecular formula is C21H12FN3O3S. The number of hydrogen-bond acceptors (Lipinski definition) is 5. The van der Waals surface area contributed by atoms with E-state index in [1.54, 1.807) is 47.8 Å². The van der Waals surface area contributed by atoms with Crippen LogP contribution in [0.25, 0.3) is 22.5 Å². The predicted octanol–water partition coefficient (Wildman–Crippen LogP) is 5.10. The molecule has 0 unspecified atom stereocenters. The number of carbonyl (C=O) groups is 2. The zero-order valence-electron chi connectivity index (χ0n) is 14.7. The van der Waals surface area contributed by atoms with Gasteiger partial charge in [0.15, 0.2) is 10.9 Å². The number of para-hydroxylation sites is 1. The highest BCUT2D eigenvalue weighted by molar-refractivity contribution is 7.08. The number of aromatic nitrogens is 2. The van der Waals surface area contributed by atoms with Gasteiger partial charge in [0.25, 0.3) is 0 Å². The number of benzene rings is 2. The van der Waals surface area contributed by atoms with Crippen molar-refractivity contribution in [3.05, 3.63) is 76.2 Å². The highest BCUT2D eigenvalue weighted by Gasteiger charge is 2.35. The Morgan fingerprint density at radius 2 is 1.93 bits per heavy atom. The van der Waals surface area contributed by atoms with E-state index in [2.05, 4.69) is 15.5 Å². The molecule has 29 heavy (non-hydrogen) atoms. The minimum atomic E-state index is -0.703. The van der Waals surface area contributed by atoms with Gasteiger partial charge in [-0.25, -0.2) is 4.79 Å². The molecule has 6 nitrogen and oxygen atoms in total. The maximum absolute atomic E-state index is 13.5. The Morgan fingerprint density at radius 3 is 2.69 bits per heavy atom. The number of ketones is 1. The standard InChI is InChI=1S/C21H12FN3O3S/c22-15-9-11(10-29-15)18-17-19(25-24-18)13-7-4-8-14(16(13)20(17)26)23-21(27)28-12-5-2-1-3-6-12/h1-10H,(H,23,27)(H,24,25). The lowest BCUT2D eigenvalue weighted by Gasteiger charge is -2.10. The summed E-state index contributed by atoms with van der Waals surface area (Å²) in [5, 5.41) is 11.0. The number of ether oxygens (including phenoxy) is 1. The lowest BCUT2D eigenvalue weighted by molar-refractivity contribution is 0.104. The molecule has 2 aromatic heterocycles. The van der Waals surface area contributed by atoms with Crippen molar-refractivity contribution in [2.24, 2.45) is 0 Å². The Kier molecular flexibility index (Phi) is 3.99. The Morgan fingerprint density at radius 1 is 1.10 bits per heavy atom. The van der Waals surface area contributed by atoms with Crippen LogP contribution in [0.2, 0.25) is 0 Å². The second-order valence-corrected chi connectivity index (χ2v) is 7.21. The van der Waals surface area contributed by atoms with E-state index in [1.807, 2.05) is 6.07 Å². The van der Waals surface area contributed by atoms with Gasteiger partial charge in [-0.15, -0.1) is 11.3 Å². The number of halogens is 1. The molecule has 0 saturated heterocycles. The maximum Gasteiger partial charge on any atom is 0.417 e. The molecule has 1 amide bonds. The molecule has 0 aliphatic heterocycles. The van der Waals surface area contributed by atoms with Crippen LogP contribution in [0.3, 0.4) is 0 Å². The third-order valence-electron chi connectivity index (χ3n) is 4.59. The number of aromatic amines is 1. The second-order valence-electron chi connectivity index (χ2n) is 6.35. The van der Waals surface area contributed by atoms with Crippen molar-refractivity contribution < 1.29 is 18.7 Å². The van der Waals surface area contributed by atoms with Crippen LogP contribution in [0, 0.1) is 5.13 Å². The first kappa shape index (κ1) is 17.3.